The summed E-state index contributed by atoms with van der Waals surface area (Å²) in [6.45, 7) is 2.29. The molecular weight excluding hydrogens is 262 g/mol. The van der Waals surface area contributed by atoms with Crippen molar-refractivity contribution in [2.75, 3.05) is 7.05 Å². The molecule has 1 nitrogen and oxygen atoms in total. The maximum Gasteiger partial charge on any atom is 0.0325 e. The number of hydrogen-bond acceptors (Lipinski definition) is 2. The van der Waals surface area contributed by atoms with Crippen LogP contribution in [0.15, 0.2) is 16.8 Å². The van der Waals surface area contributed by atoms with Gasteiger partial charge in [-0.15, -0.1) is 0 Å². The summed E-state index contributed by atoms with van der Waals surface area (Å²) in [5, 5.41) is 7.90. The maximum atomic E-state index is 3.44. The van der Waals surface area contributed by atoms with Crippen molar-refractivity contribution >= 4 is 11.3 Å². The third kappa shape index (κ3) is 8.06. The highest BCUT2D eigenvalue weighted by atomic mass is 32.1. The average Bonchev–Trinajstić information content (AvgIpc) is 2.99. The van der Waals surface area contributed by atoms with Crippen LogP contribution in [0.4, 0.5) is 0 Å². The van der Waals surface area contributed by atoms with Gasteiger partial charge in [-0.05, 0) is 35.9 Å². The van der Waals surface area contributed by atoms with Crippen LogP contribution < -0.4 is 5.32 Å². The van der Waals surface area contributed by atoms with E-state index in [0.717, 1.165) is 0 Å². The molecule has 0 amide bonds. The van der Waals surface area contributed by atoms with Gasteiger partial charge in [0.25, 0.3) is 0 Å². The fourth-order valence-electron chi connectivity index (χ4n) is 2.79. The molecule has 0 aliphatic carbocycles. The smallest absolute Gasteiger partial charge is 0.0325 e. The summed E-state index contributed by atoms with van der Waals surface area (Å²) in [6.07, 6.45) is 15.5. The van der Waals surface area contributed by atoms with E-state index in [4.69, 9.17) is 0 Å². The van der Waals surface area contributed by atoms with Gasteiger partial charge in [0.2, 0.25) is 0 Å². The number of thiophene rings is 1. The first-order valence-corrected chi connectivity index (χ1v) is 9.52. The summed E-state index contributed by atoms with van der Waals surface area (Å²) >= 11 is 1.80. The third-order valence-corrected chi connectivity index (χ3v) is 4.84. The number of rotatable bonds is 13. The van der Waals surface area contributed by atoms with Gasteiger partial charge < -0.3 is 5.32 Å². The first kappa shape index (κ1) is 17.7. The summed E-state index contributed by atoms with van der Waals surface area (Å²) < 4.78 is 0. The van der Waals surface area contributed by atoms with Gasteiger partial charge in [-0.1, -0.05) is 71.1 Å². The van der Waals surface area contributed by atoms with E-state index >= 15 is 0 Å². The SMILES string of the molecule is CCCCCCCCCCCCC(NC)c1ccsc1. The molecule has 1 atom stereocenters. The molecule has 0 saturated carbocycles. The van der Waals surface area contributed by atoms with Crippen molar-refractivity contribution < 1.29 is 0 Å². The first-order valence-electron chi connectivity index (χ1n) is 8.57. The highest BCUT2D eigenvalue weighted by Crippen LogP contribution is 2.22. The van der Waals surface area contributed by atoms with E-state index < -0.39 is 0 Å². The van der Waals surface area contributed by atoms with Crippen molar-refractivity contribution in [3.8, 4) is 0 Å². The molecule has 1 aromatic rings. The minimum absolute atomic E-state index is 0.565. The highest BCUT2D eigenvalue weighted by molar-refractivity contribution is 7.07. The van der Waals surface area contributed by atoms with E-state index in [0.29, 0.717) is 6.04 Å². The topological polar surface area (TPSA) is 12.0 Å². The Hall–Kier alpha value is -0.340. The summed E-state index contributed by atoms with van der Waals surface area (Å²) in [7, 11) is 2.08. The fourth-order valence-corrected chi connectivity index (χ4v) is 3.50. The normalized spacial score (nSPS) is 12.7. The lowest BCUT2D eigenvalue weighted by Crippen LogP contribution is -2.15. The number of nitrogens with one attached hydrogen (secondary N) is 1. The molecule has 0 spiro atoms. The summed E-state index contributed by atoms with van der Waals surface area (Å²) in [5.74, 6) is 0. The van der Waals surface area contributed by atoms with Gasteiger partial charge in [0.15, 0.2) is 0 Å². The van der Waals surface area contributed by atoms with Gasteiger partial charge in [-0.2, -0.15) is 11.3 Å². The Morgan fingerprint density at radius 3 is 2.05 bits per heavy atom. The molecule has 1 heterocycles. The second kappa shape index (κ2) is 12.4. The Morgan fingerprint density at radius 1 is 0.950 bits per heavy atom. The molecule has 0 aromatic carbocycles. The summed E-state index contributed by atoms with van der Waals surface area (Å²) in [4.78, 5) is 0. The predicted molar refractivity (Wildman–Crippen MR) is 92.6 cm³/mol. The van der Waals surface area contributed by atoms with Gasteiger partial charge in [-0.3, -0.25) is 0 Å². The second-order valence-corrected chi connectivity index (χ2v) is 6.65. The van der Waals surface area contributed by atoms with Crippen LogP contribution in [0.25, 0.3) is 0 Å². The standard InChI is InChI=1S/C18H33NS/c1-3-4-5-6-7-8-9-10-11-12-13-18(19-2)17-14-15-20-16-17/h14-16,18-19H,3-13H2,1-2H3. The van der Waals surface area contributed by atoms with E-state index in [1.54, 1.807) is 11.3 Å². The lowest BCUT2D eigenvalue weighted by Gasteiger charge is -2.14. The van der Waals surface area contributed by atoms with Gasteiger partial charge in [-0.25, -0.2) is 0 Å². The van der Waals surface area contributed by atoms with Crippen LogP contribution in [-0.4, -0.2) is 7.05 Å². The van der Waals surface area contributed by atoms with E-state index in [2.05, 4.69) is 36.1 Å². The minimum atomic E-state index is 0.565. The molecule has 1 unspecified atom stereocenters. The molecule has 20 heavy (non-hydrogen) atoms. The zero-order valence-corrected chi connectivity index (χ0v) is 14.3. The van der Waals surface area contributed by atoms with Crippen LogP contribution in [0, 0.1) is 0 Å². The van der Waals surface area contributed by atoms with Crippen molar-refractivity contribution in [2.24, 2.45) is 0 Å². The van der Waals surface area contributed by atoms with E-state index in [1.165, 1.54) is 76.2 Å². The molecule has 1 N–H and O–H groups in total. The zero-order valence-electron chi connectivity index (χ0n) is 13.5. The first-order chi connectivity index (χ1) is 9.88. The Bertz CT molecular complexity index is 294. The molecule has 0 saturated heterocycles. The van der Waals surface area contributed by atoms with Crippen molar-refractivity contribution in [3.05, 3.63) is 22.4 Å². The molecule has 1 rings (SSSR count). The van der Waals surface area contributed by atoms with Crippen LogP contribution in [0.1, 0.15) is 89.2 Å². The fraction of sp³-hybridized carbons (Fsp3) is 0.778. The van der Waals surface area contributed by atoms with E-state index in [1.807, 2.05) is 0 Å². The average molecular weight is 296 g/mol. The van der Waals surface area contributed by atoms with Crippen LogP contribution >= 0.6 is 11.3 Å². The number of hydrogen-bond donors (Lipinski definition) is 1. The molecule has 116 valence electrons. The van der Waals surface area contributed by atoms with Gasteiger partial charge in [0.05, 0.1) is 0 Å². The van der Waals surface area contributed by atoms with Crippen LogP contribution in [0.5, 0.6) is 0 Å². The molecule has 0 aliphatic rings. The quantitative estimate of drug-likeness (QED) is 0.420. The van der Waals surface area contributed by atoms with Crippen LogP contribution in [0.3, 0.4) is 0 Å². The van der Waals surface area contributed by atoms with Crippen LogP contribution in [-0.2, 0) is 0 Å². The second-order valence-electron chi connectivity index (χ2n) is 5.87. The molecular formula is C18H33NS. The third-order valence-electron chi connectivity index (χ3n) is 4.14. The molecule has 2 heteroatoms. The Labute approximate surface area is 130 Å². The van der Waals surface area contributed by atoms with Gasteiger partial charge in [0.1, 0.15) is 0 Å². The molecule has 0 fully saturated rings. The van der Waals surface area contributed by atoms with Crippen molar-refractivity contribution in [3.63, 3.8) is 0 Å². The molecule has 0 radical (unpaired) electrons. The van der Waals surface area contributed by atoms with E-state index in [-0.39, 0.29) is 0 Å². The van der Waals surface area contributed by atoms with E-state index in [9.17, 15) is 0 Å². The maximum absolute atomic E-state index is 3.44. The summed E-state index contributed by atoms with van der Waals surface area (Å²) in [6, 6.07) is 2.82. The van der Waals surface area contributed by atoms with Crippen molar-refractivity contribution in [1.82, 2.24) is 5.32 Å². The van der Waals surface area contributed by atoms with Crippen molar-refractivity contribution in [2.45, 2.75) is 83.6 Å². The molecule has 1 aromatic heterocycles. The largest absolute Gasteiger partial charge is 0.313 e. The highest BCUT2D eigenvalue weighted by Gasteiger charge is 2.08. The Kier molecular flexibility index (Phi) is 11.0. The molecule has 0 bridgehead atoms. The Morgan fingerprint density at radius 2 is 1.55 bits per heavy atom. The van der Waals surface area contributed by atoms with Crippen LogP contribution in [0.2, 0.25) is 0 Å². The number of unbranched alkanes of at least 4 members (excludes halogenated alkanes) is 9. The summed E-state index contributed by atoms with van der Waals surface area (Å²) in [5.41, 5.74) is 1.47. The zero-order chi connectivity index (χ0) is 14.5. The van der Waals surface area contributed by atoms with Gasteiger partial charge >= 0.3 is 0 Å². The predicted octanol–water partition coefficient (Wildman–Crippen LogP) is 6.32. The van der Waals surface area contributed by atoms with Gasteiger partial charge in [0, 0.05) is 6.04 Å². The lowest BCUT2D eigenvalue weighted by atomic mass is 10.0. The lowest BCUT2D eigenvalue weighted by molar-refractivity contribution is 0.493. The minimum Gasteiger partial charge on any atom is -0.313 e. The molecule has 0 aliphatic heterocycles. The van der Waals surface area contributed by atoms with Crippen molar-refractivity contribution in [1.29, 1.82) is 0 Å². The monoisotopic (exact) mass is 295 g/mol. The Balaban J connectivity index is 1.91.